The van der Waals surface area contributed by atoms with E-state index in [9.17, 15) is 21.6 Å². The molecule has 0 atom stereocenters. The molecular weight excluding hydrogens is 309 g/mol. The number of piperidine rings is 1. The highest BCUT2D eigenvalue weighted by molar-refractivity contribution is 7.93. The van der Waals surface area contributed by atoms with Crippen LogP contribution >= 0.6 is 0 Å². The van der Waals surface area contributed by atoms with Crippen LogP contribution in [0.15, 0.2) is 24.3 Å². The minimum absolute atomic E-state index is 0.0512. The summed E-state index contributed by atoms with van der Waals surface area (Å²) in [5.74, 6) is -0.465. The average molecular weight is 324 g/mol. The van der Waals surface area contributed by atoms with Gasteiger partial charge in [0.25, 0.3) is 0 Å². The van der Waals surface area contributed by atoms with Crippen LogP contribution in [-0.2, 0) is 10.0 Å². The molecule has 0 unspecified atom stereocenters. The first-order valence-corrected chi connectivity index (χ1v) is 7.89. The Balaban J connectivity index is 2.10. The van der Waals surface area contributed by atoms with Crippen molar-refractivity contribution < 1.29 is 26.3 Å². The van der Waals surface area contributed by atoms with E-state index in [4.69, 9.17) is 0 Å². The summed E-state index contributed by atoms with van der Waals surface area (Å²) in [6.07, 6.45) is -3.88. The monoisotopic (exact) mass is 324 g/mol. The standard InChI is InChI=1S/C12H15F3N2O3S/c13-12(14,15)20-10-3-1-2-9(8-10)17-21(18,19)11-4-6-16-7-5-11/h1-3,8,11,16-17H,4-7H2. The number of anilines is 1. The zero-order chi connectivity index (χ0) is 15.5. The van der Waals surface area contributed by atoms with Crippen molar-refractivity contribution in [3.63, 3.8) is 0 Å². The lowest BCUT2D eigenvalue weighted by molar-refractivity contribution is -0.274. The molecule has 5 nitrogen and oxygen atoms in total. The molecule has 1 heterocycles. The number of alkyl halides is 3. The first-order valence-electron chi connectivity index (χ1n) is 6.34. The highest BCUT2D eigenvalue weighted by Gasteiger charge is 2.31. The fourth-order valence-corrected chi connectivity index (χ4v) is 3.59. The first kappa shape index (κ1) is 15.9. The Morgan fingerprint density at radius 2 is 1.90 bits per heavy atom. The summed E-state index contributed by atoms with van der Waals surface area (Å²) >= 11 is 0. The number of hydrogen-bond donors (Lipinski definition) is 2. The van der Waals surface area contributed by atoms with Crippen molar-refractivity contribution in [1.82, 2.24) is 5.32 Å². The molecule has 0 spiro atoms. The molecule has 2 N–H and O–H groups in total. The summed E-state index contributed by atoms with van der Waals surface area (Å²) in [5, 5.41) is 2.50. The fourth-order valence-electron chi connectivity index (χ4n) is 2.11. The molecule has 1 aliphatic rings. The molecule has 0 bridgehead atoms. The molecule has 1 fully saturated rings. The van der Waals surface area contributed by atoms with Gasteiger partial charge in [-0.3, -0.25) is 4.72 Å². The third kappa shape index (κ3) is 4.78. The molecular formula is C12H15F3N2O3S. The maximum Gasteiger partial charge on any atom is 0.573 e. The third-order valence-electron chi connectivity index (χ3n) is 3.05. The van der Waals surface area contributed by atoms with Gasteiger partial charge in [0, 0.05) is 6.07 Å². The van der Waals surface area contributed by atoms with Gasteiger partial charge in [-0.05, 0) is 38.1 Å². The molecule has 1 aromatic carbocycles. The average Bonchev–Trinajstić information content (AvgIpc) is 2.37. The van der Waals surface area contributed by atoms with Gasteiger partial charge in [0.2, 0.25) is 10.0 Å². The van der Waals surface area contributed by atoms with E-state index in [1.807, 2.05) is 0 Å². The van der Waals surface area contributed by atoms with Crippen LogP contribution in [0.25, 0.3) is 0 Å². The van der Waals surface area contributed by atoms with Gasteiger partial charge in [-0.15, -0.1) is 13.2 Å². The maximum absolute atomic E-state index is 12.1. The van der Waals surface area contributed by atoms with Gasteiger partial charge in [-0.2, -0.15) is 0 Å². The van der Waals surface area contributed by atoms with Crippen LogP contribution in [0.2, 0.25) is 0 Å². The molecule has 2 rings (SSSR count). The maximum atomic E-state index is 12.1. The lowest BCUT2D eigenvalue weighted by atomic mass is 10.2. The highest BCUT2D eigenvalue weighted by atomic mass is 32.2. The Morgan fingerprint density at radius 3 is 2.52 bits per heavy atom. The van der Waals surface area contributed by atoms with Crippen molar-refractivity contribution in [1.29, 1.82) is 0 Å². The summed E-state index contributed by atoms with van der Waals surface area (Å²) in [7, 11) is -3.62. The molecule has 0 amide bonds. The Morgan fingerprint density at radius 1 is 1.24 bits per heavy atom. The van der Waals surface area contributed by atoms with Gasteiger partial charge in [0.05, 0.1) is 10.9 Å². The number of halogens is 3. The van der Waals surface area contributed by atoms with Gasteiger partial charge < -0.3 is 10.1 Å². The van der Waals surface area contributed by atoms with Crippen LogP contribution < -0.4 is 14.8 Å². The minimum atomic E-state index is -4.81. The second-order valence-corrected chi connectivity index (χ2v) is 6.63. The predicted octanol–water partition coefficient (Wildman–Crippen LogP) is 2.08. The highest BCUT2D eigenvalue weighted by Crippen LogP contribution is 2.26. The number of sulfonamides is 1. The number of rotatable bonds is 4. The van der Waals surface area contributed by atoms with Crippen molar-refractivity contribution in [3.8, 4) is 5.75 Å². The molecule has 1 saturated heterocycles. The molecule has 1 aromatic rings. The zero-order valence-electron chi connectivity index (χ0n) is 11.0. The lowest BCUT2D eigenvalue weighted by Gasteiger charge is -2.23. The molecule has 0 aliphatic carbocycles. The van der Waals surface area contributed by atoms with E-state index in [0.717, 1.165) is 12.1 Å². The quantitative estimate of drug-likeness (QED) is 0.890. The van der Waals surface area contributed by atoms with Crippen molar-refractivity contribution in [2.45, 2.75) is 24.5 Å². The smallest absolute Gasteiger partial charge is 0.406 e. The Kier molecular flexibility index (Phi) is 4.62. The minimum Gasteiger partial charge on any atom is -0.406 e. The fraction of sp³-hybridized carbons (Fsp3) is 0.500. The second kappa shape index (κ2) is 6.10. The Hall–Kier alpha value is -1.48. The topological polar surface area (TPSA) is 67.4 Å². The van der Waals surface area contributed by atoms with E-state index in [0.29, 0.717) is 25.9 Å². The van der Waals surface area contributed by atoms with E-state index in [2.05, 4.69) is 14.8 Å². The predicted molar refractivity (Wildman–Crippen MR) is 71.6 cm³/mol. The van der Waals surface area contributed by atoms with Gasteiger partial charge in [-0.25, -0.2) is 8.42 Å². The number of ether oxygens (including phenoxy) is 1. The van der Waals surface area contributed by atoms with E-state index in [1.54, 1.807) is 0 Å². The molecule has 0 aromatic heterocycles. The van der Waals surface area contributed by atoms with Gasteiger partial charge in [-0.1, -0.05) is 6.07 Å². The van der Waals surface area contributed by atoms with Crippen molar-refractivity contribution >= 4 is 15.7 Å². The summed E-state index contributed by atoms with van der Waals surface area (Å²) in [6.45, 7) is 1.20. The first-order chi connectivity index (χ1) is 9.76. The van der Waals surface area contributed by atoms with Crippen molar-refractivity contribution in [2.75, 3.05) is 17.8 Å². The Bertz CT molecular complexity index is 584. The molecule has 9 heteroatoms. The van der Waals surface area contributed by atoms with Crippen LogP contribution in [0.5, 0.6) is 5.75 Å². The summed E-state index contributed by atoms with van der Waals surface area (Å²) < 4.78 is 66.8. The summed E-state index contributed by atoms with van der Waals surface area (Å²) in [5.41, 5.74) is 0.0512. The van der Waals surface area contributed by atoms with Gasteiger partial charge in [0.15, 0.2) is 0 Å². The number of benzene rings is 1. The number of nitrogens with one attached hydrogen (secondary N) is 2. The Labute approximate surface area is 120 Å². The molecule has 0 saturated carbocycles. The van der Waals surface area contributed by atoms with E-state index in [-0.39, 0.29) is 5.69 Å². The van der Waals surface area contributed by atoms with Crippen LogP contribution in [0.4, 0.5) is 18.9 Å². The molecule has 0 radical (unpaired) electrons. The molecule has 1 aliphatic heterocycles. The lowest BCUT2D eigenvalue weighted by Crippen LogP contribution is -2.38. The molecule has 118 valence electrons. The van der Waals surface area contributed by atoms with E-state index in [1.165, 1.54) is 12.1 Å². The zero-order valence-corrected chi connectivity index (χ0v) is 11.8. The van der Waals surface area contributed by atoms with Crippen molar-refractivity contribution in [2.24, 2.45) is 0 Å². The second-order valence-electron chi connectivity index (χ2n) is 4.67. The van der Waals surface area contributed by atoms with Crippen LogP contribution in [-0.4, -0.2) is 33.1 Å². The SMILES string of the molecule is O=S(=O)(Nc1cccc(OC(F)(F)F)c1)C1CCNCC1. The van der Waals surface area contributed by atoms with Crippen LogP contribution in [0, 0.1) is 0 Å². The van der Waals surface area contributed by atoms with Crippen molar-refractivity contribution in [3.05, 3.63) is 24.3 Å². The van der Waals surface area contributed by atoms with Gasteiger partial charge in [0.1, 0.15) is 5.75 Å². The largest absolute Gasteiger partial charge is 0.573 e. The summed E-state index contributed by atoms with van der Waals surface area (Å²) in [4.78, 5) is 0. The van der Waals surface area contributed by atoms with Gasteiger partial charge >= 0.3 is 6.36 Å². The summed E-state index contributed by atoms with van der Waals surface area (Å²) in [6, 6.07) is 4.78. The number of hydrogen-bond acceptors (Lipinski definition) is 4. The van der Waals surface area contributed by atoms with E-state index >= 15 is 0 Å². The molecule has 21 heavy (non-hydrogen) atoms. The normalized spacial score (nSPS) is 17.5. The van der Waals surface area contributed by atoms with Crippen LogP contribution in [0.3, 0.4) is 0 Å². The third-order valence-corrected chi connectivity index (χ3v) is 4.92. The van der Waals surface area contributed by atoms with E-state index < -0.39 is 27.4 Å². The van der Waals surface area contributed by atoms with Crippen LogP contribution in [0.1, 0.15) is 12.8 Å².